The van der Waals surface area contributed by atoms with E-state index in [9.17, 15) is 0 Å². The average Bonchev–Trinajstić information content (AvgIpc) is 3.02. The van der Waals surface area contributed by atoms with Crippen molar-refractivity contribution in [1.82, 2.24) is 4.90 Å². The van der Waals surface area contributed by atoms with Crippen LogP contribution in [0.25, 0.3) is 0 Å². The zero-order chi connectivity index (χ0) is 16.1. The Hall–Kier alpha value is -1.76. The molecular weight excluding hydrogens is 348 g/mol. The Morgan fingerprint density at radius 3 is 2.70 bits per heavy atom. The van der Waals surface area contributed by atoms with E-state index >= 15 is 0 Å². The average molecular weight is 363 g/mol. The largest absolute Gasteiger partial charge is 0.332 e. The molecule has 3 rings (SSSR count). The lowest BCUT2D eigenvalue weighted by Crippen LogP contribution is -2.35. The van der Waals surface area contributed by atoms with Crippen LogP contribution in [-0.2, 0) is 0 Å². The molecule has 4 nitrogen and oxygen atoms in total. The van der Waals surface area contributed by atoms with E-state index in [4.69, 9.17) is 23.8 Å². The van der Waals surface area contributed by atoms with Crippen molar-refractivity contribution < 1.29 is 0 Å². The normalized spacial score (nSPS) is 15.7. The molecule has 1 heterocycles. The third-order valence-electron chi connectivity index (χ3n) is 3.15. The number of hydrogen-bond acceptors (Lipinski definition) is 4. The number of halogens is 1. The van der Waals surface area contributed by atoms with Gasteiger partial charge in [-0.2, -0.15) is 0 Å². The molecule has 0 aliphatic carbocycles. The van der Waals surface area contributed by atoms with Gasteiger partial charge in [0.1, 0.15) is 0 Å². The highest BCUT2D eigenvalue weighted by molar-refractivity contribution is 8.14. The first kappa shape index (κ1) is 16.1. The third kappa shape index (κ3) is 4.37. The Bertz CT molecular complexity index is 721. The molecule has 1 aliphatic heterocycles. The van der Waals surface area contributed by atoms with E-state index in [1.54, 1.807) is 11.8 Å². The van der Waals surface area contributed by atoms with E-state index in [2.05, 4.69) is 15.8 Å². The van der Waals surface area contributed by atoms with Gasteiger partial charge in [0.05, 0.1) is 5.69 Å². The second-order valence-corrected chi connectivity index (χ2v) is 6.70. The van der Waals surface area contributed by atoms with Crippen LogP contribution in [0.1, 0.15) is 0 Å². The predicted molar refractivity (Wildman–Crippen MR) is 104 cm³/mol. The Labute approximate surface area is 149 Å². The van der Waals surface area contributed by atoms with Crippen LogP contribution in [0.5, 0.6) is 0 Å². The molecule has 0 aromatic heterocycles. The van der Waals surface area contributed by atoms with Gasteiger partial charge < -0.3 is 5.32 Å². The van der Waals surface area contributed by atoms with E-state index in [-0.39, 0.29) is 0 Å². The van der Waals surface area contributed by atoms with E-state index in [1.165, 1.54) is 0 Å². The zero-order valence-electron chi connectivity index (χ0n) is 12.2. The molecule has 0 radical (unpaired) electrons. The van der Waals surface area contributed by atoms with Gasteiger partial charge in [-0.15, -0.1) is 5.10 Å². The highest BCUT2D eigenvalue weighted by Gasteiger charge is 2.23. The molecule has 2 N–H and O–H groups in total. The van der Waals surface area contributed by atoms with Crippen molar-refractivity contribution in [3.05, 3.63) is 59.6 Å². The van der Waals surface area contributed by atoms with Crippen molar-refractivity contribution in [2.45, 2.75) is 0 Å². The molecule has 1 aliphatic rings. The fourth-order valence-corrected chi connectivity index (χ4v) is 3.51. The quantitative estimate of drug-likeness (QED) is 0.622. The molecule has 0 spiro atoms. The van der Waals surface area contributed by atoms with Crippen molar-refractivity contribution in [1.29, 1.82) is 0 Å². The minimum Gasteiger partial charge on any atom is -0.332 e. The number of nitrogens with one attached hydrogen (secondary N) is 2. The van der Waals surface area contributed by atoms with Crippen molar-refractivity contribution >= 4 is 57.2 Å². The SMILES string of the molecule is S=C(Nc1cccc(Cl)c1)N1CCSC1=NNc1ccccc1. The highest BCUT2D eigenvalue weighted by atomic mass is 35.5. The van der Waals surface area contributed by atoms with Gasteiger partial charge in [0, 0.05) is 23.0 Å². The summed E-state index contributed by atoms with van der Waals surface area (Å²) in [5.41, 5.74) is 4.88. The van der Waals surface area contributed by atoms with Crippen molar-refractivity contribution in [3.63, 3.8) is 0 Å². The topological polar surface area (TPSA) is 39.7 Å². The van der Waals surface area contributed by atoms with Crippen LogP contribution in [0.3, 0.4) is 0 Å². The van der Waals surface area contributed by atoms with E-state index in [0.29, 0.717) is 10.1 Å². The second-order valence-electron chi connectivity index (χ2n) is 4.81. The van der Waals surface area contributed by atoms with Gasteiger partial charge in [-0.25, -0.2) is 0 Å². The molecule has 1 saturated heterocycles. The fourth-order valence-electron chi connectivity index (χ4n) is 2.07. The van der Waals surface area contributed by atoms with Crippen LogP contribution in [0.2, 0.25) is 5.02 Å². The Morgan fingerprint density at radius 1 is 1.13 bits per heavy atom. The molecule has 2 aromatic carbocycles. The van der Waals surface area contributed by atoms with Crippen molar-refractivity contribution in [2.75, 3.05) is 23.0 Å². The van der Waals surface area contributed by atoms with Gasteiger partial charge in [-0.05, 0) is 42.5 Å². The van der Waals surface area contributed by atoms with Crippen LogP contribution < -0.4 is 10.7 Å². The number of hydrogen-bond donors (Lipinski definition) is 2. The van der Waals surface area contributed by atoms with Crippen LogP contribution >= 0.6 is 35.6 Å². The van der Waals surface area contributed by atoms with Gasteiger partial charge in [0.15, 0.2) is 10.3 Å². The number of thiocarbonyl (C=S) groups is 1. The molecule has 0 atom stereocenters. The minimum atomic E-state index is 0.617. The van der Waals surface area contributed by atoms with E-state index < -0.39 is 0 Å². The summed E-state index contributed by atoms with van der Waals surface area (Å²) in [6.45, 7) is 0.826. The number of anilines is 2. The molecule has 0 bridgehead atoms. The standard InChI is InChI=1S/C16H15ClN4S2/c17-12-5-4-8-14(11-12)18-15(22)21-9-10-23-16(21)20-19-13-6-2-1-3-7-13/h1-8,11,19H,9-10H2,(H,18,22). The Balaban J connectivity index is 1.67. The smallest absolute Gasteiger partial charge is 0.189 e. The minimum absolute atomic E-state index is 0.617. The lowest BCUT2D eigenvalue weighted by atomic mass is 10.3. The summed E-state index contributed by atoms with van der Waals surface area (Å²) in [4.78, 5) is 1.98. The number of amidine groups is 1. The van der Waals surface area contributed by atoms with Crippen molar-refractivity contribution in [2.24, 2.45) is 5.10 Å². The maximum atomic E-state index is 6.00. The summed E-state index contributed by atoms with van der Waals surface area (Å²) in [6.07, 6.45) is 0. The maximum Gasteiger partial charge on any atom is 0.189 e. The van der Waals surface area contributed by atoms with Gasteiger partial charge in [0.25, 0.3) is 0 Å². The Kier molecular flexibility index (Phi) is 5.38. The number of nitrogens with zero attached hydrogens (tertiary/aromatic N) is 2. The molecule has 1 fully saturated rings. The summed E-state index contributed by atoms with van der Waals surface area (Å²) in [7, 11) is 0. The summed E-state index contributed by atoms with van der Waals surface area (Å²) in [6, 6.07) is 17.3. The molecule has 7 heteroatoms. The summed E-state index contributed by atoms with van der Waals surface area (Å²) >= 11 is 13.2. The highest BCUT2D eigenvalue weighted by Crippen LogP contribution is 2.21. The van der Waals surface area contributed by atoms with Crippen LogP contribution in [0, 0.1) is 0 Å². The molecular formula is C16H15ClN4S2. The lowest BCUT2D eigenvalue weighted by molar-refractivity contribution is 0.686. The first-order valence-electron chi connectivity index (χ1n) is 7.08. The molecule has 2 aromatic rings. The predicted octanol–water partition coefficient (Wildman–Crippen LogP) is 4.47. The first-order chi connectivity index (χ1) is 11.2. The van der Waals surface area contributed by atoms with E-state index in [1.807, 2.05) is 59.5 Å². The molecule has 118 valence electrons. The molecule has 23 heavy (non-hydrogen) atoms. The summed E-state index contributed by atoms with van der Waals surface area (Å²) in [5.74, 6) is 0.951. The number of benzene rings is 2. The monoisotopic (exact) mass is 362 g/mol. The summed E-state index contributed by atoms with van der Waals surface area (Å²) < 4.78 is 0. The zero-order valence-corrected chi connectivity index (χ0v) is 14.6. The van der Waals surface area contributed by atoms with Crippen LogP contribution in [-0.4, -0.2) is 27.5 Å². The van der Waals surface area contributed by atoms with Crippen molar-refractivity contribution in [3.8, 4) is 0 Å². The number of rotatable bonds is 3. The van der Waals surface area contributed by atoms with Crippen LogP contribution in [0.4, 0.5) is 11.4 Å². The number of hydrazone groups is 1. The number of para-hydroxylation sites is 1. The molecule has 0 unspecified atom stereocenters. The number of thioether (sulfide) groups is 1. The maximum absolute atomic E-state index is 6.00. The van der Waals surface area contributed by atoms with Gasteiger partial charge in [-0.1, -0.05) is 47.6 Å². The van der Waals surface area contributed by atoms with Gasteiger partial charge in [-0.3, -0.25) is 10.3 Å². The first-order valence-corrected chi connectivity index (χ1v) is 8.85. The Morgan fingerprint density at radius 2 is 1.91 bits per heavy atom. The summed E-state index contributed by atoms with van der Waals surface area (Å²) in [5, 5.41) is 9.81. The van der Waals surface area contributed by atoms with E-state index in [0.717, 1.165) is 28.8 Å². The molecule has 0 saturated carbocycles. The van der Waals surface area contributed by atoms with Gasteiger partial charge in [0.2, 0.25) is 0 Å². The third-order valence-corrected chi connectivity index (χ3v) is 4.67. The fraction of sp³-hybridized carbons (Fsp3) is 0.125. The van der Waals surface area contributed by atoms with Gasteiger partial charge >= 0.3 is 0 Å². The lowest BCUT2D eigenvalue weighted by Gasteiger charge is -2.20. The second kappa shape index (κ2) is 7.68. The van der Waals surface area contributed by atoms with Crippen LogP contribution in [0.15, 0.2) is 59.7 Å². The molecule has 0 amide bonds.